The third-order valence-electron chi connectivity index (χ3n) is 4.56. The maximum atomic E-state index is 12.5. The van der Waals surface area contributed by atoms with Crippen LogP contribution in [-0.2, 0) is 0 Å². The first-order chi connectivity index (χ1) is 11.5. The zero-order valence-corrected chi connectivity index (χ0v) is 15.6. The van der Waals surface area contributed by atoms with Crippen molar-refractivity contribution in [3.05, 3.63) is 52.3 Å². The predicted molar refractivity (Wildman–Crippen MR) is 102 cm³/mol. The van der Waals surface area contributed by atoms with Crippen LogP contribution in [0.4, 0.5) is 11.4 Å². The van der Waals surface area contributed by atoms with Gasteiger partial charge in [-0.3, -0.25) is 9.78 Å². The maximum Gasteiger partial charge on any atom is 0.257 e. The minimum Gasteiger partial charge on any atom is -0.370 e. The lowest BCUT2D eigenvalue weighted by Crippen LogP contribution is -2.33. The summed E-state index contributed by atoms with van der Waals surface area (Å²) in [7, 11) is 0. The van der Waals surface area contributed by atoms with Crippen molar-refractivity contribution in [3.63, 3.8) is 0 Å². The predicted octanol–water partition coefficient (Wildman–Crippen LogP) is 4.64. The number of piperidine rings is 1. The van der Waals surface area contributed by atoms with Gasteiger partial charge in [-0.1, -0.05) is 28.9 Å². The number of aromatic nitrogens is 1. The molecule has 5 heteroatoms. The smallest absolute Gasteiger partial charge is 0.257 e. The molecule has 0 aliphatic carbocycles. The van der Waals surface area contributed by atoms with E-state index in [0.29, 0.717) is 5.56 Å². The van der Waals surface area contributed by atoms with Gasteiger partial charge >= 0.3 is 0 Å². The third-order valence-corrected chi connectivity index (χ3v) is 5.42. The molecule has 1 aliphatic heterocycles. The fraction of sp³-hybridized carbons (Fsp3) is 0.368. The van der Waals surface area contributed by atoms with Crippen LogP contribution >= 0.6 is 15.9 Å². The first-order valence-corrected chi connectivity index (χ1v) is 9.10. The summed E-state index contributed by atoms with van der Waals surface area (Å²) in [6.45, 7) is 6.36. The summed E-state index contributed by atoms with van der Waals surface area (Å²) < 4.78 is 0.981. The molecule has 2 heterocycles. The topological polar surface area (TPSA) is 45.2 Å². The highest BCUT2D eigenvalue weighted by molar-refractivity contribution is 9.10. The number of anilines is 2. The fourth-order valence-corrected chi connectivity index (χ4v) is 3.24. The Morgan fingerprint density at radius 1 is 1.25 bits per heavy atom. The van der Waals surface area contributed by atoms with E-state index in [2.05, 4.69) is 38.1 Å². The zero-order valence-electron chi connectivity index (χ0n) is 14.1. The second kappa shape index (κ2) is 7.34. The minimum absolute atomic E-state index is 0.134. The minimum atomic E-state index is -0.134. The van der Waals surface area contributed by atoms with Crippen LogP contribution in [-0.4, -0.2) is 24.0 Å². The van der Waals surface area contributed by atoms with Gasteiger partial charge in [-0.25, -0.2) is 0 Å². The highest BCUT2D eigenvalue weighted by atomic mass is 79.9. The van der Waals surface area contributed by atoms with Crippen LogP contribution in [0.25, 0.3) is 0 Å². The Hall–Kier alpha value is -1.88. The molecule has 1 N–H and O–H groups in total. The number of hydrogen-bond acceptors (Lipinski definition) is 3. The largest absolute Gasteiger partial charge is 0.370 e. The van der Waals surface area contributed by atoms with E-state index in [1.54, 1.807) is 6.20 Å². The average Bonchev–Trinajstić information content (AvgIpc) is 2.59. The van der Waals surface area contributed by atoms with Crippen molar-refractivity contribution < 1.29 is 4.79 Å². The molecule has 0 atom stereocenters. The normalized spacial score (nSPS) is 15.4. The summed E-state index contributed by atoms with van der Waals surface area (Å²) in [6.07, 6.45) is 5.84. The summed E-state index contributed by atoms with van der Waals surface area (Å²) >= 11 is 3.49. The SMILES string of the molecule is Cc1ccc(NC(=O)c2cncc(N3CCC(C)CC3)c2)cc1Br. The number of carbonyl (C=O) groups excluding carboxylic acids is 1. The van der Waals surface area contributed by atoms with E-state index in [4.69, 9.17) is 0 Å². The molecule has 1 aliphatic rings. The third kappa shape index (κ3) is 3.96. The summed E-state index contributed by atoms with van der Waals surface area (Å²) in [5.41, 5.74) is 3.52. The Bertz CT molecular complexity index is 739. The van der Waals surface area contributed by atoms with E-state index in [0.717, 1.165) is 40.4 Å². The zero-order chi connectivity index (χ0) is 17.1. The van der Waals surface area contributed by atoms with Crippen molar-refractivity contribution in [1.82, 2.24) is 4.98 Å². The number of pyridine rings is 1. The number of benzene rings is 1. The van der Waals surface area contributed by atoms with Gasteiger partial charge in [0.1, 0.15) is 0 Å². The molecule has 0 unspecified atom stereocenters. The summed E-state index contributed by atoms with van der Waals surface area (Å²) in [4.78, 5) is 19.1. The molecular weight excluding hydrogens is 366 g/mol. The van der Waals surface area contributed by atoms with Crippen LogP contribution in [0.2, 0.25) is 0 Å². The molecule has 4 nitrogen and oxygen atoms in total. The molecule has 1 aromatic carbocycles. The van der Waals surface area contributed by atoms with Gasteiger partial charge in [-0.05, 0) is 49.4 Å². The number of aryl methyl sites for hydroxylation is 1. The summed E-state index contributed by atoms with van der Waals surface area (Å²) in [5, 5.41) is 2.94. The van der Waals surface area contributed by atoms with E-state index in [1.807, 2.05) is 37.4 Å². The lowest BCUT2D eigenvalue weighted by Gasteiger charge is -2.32. The van der Waals surface area contributed by atoms with E-state index < -0.39 is 0 Å². The molecule has 0 saturated carbocycles. The quantitative estimate of drug-likeness (QED) is 0.833. The lowest BCUT2D eigenvalue weighted by atomic mass is 9.99. The van der Waals surface area contributed by atoms with Crippen LogP contribution in [0.3, 0.4) is 0 Å². The first-order valence-electron chi connectivity index (χ1n) is 8.30. The van der Waals surface area contributed by atoms with Gasteiger partial charge in [0, 0.05) is 29.4 Å². The summed E-state index contributed by atoms with van der Waals surface area (Å²) in [5.74, 6) is 0.645. The second-order valence-corrected chi connectivity index (χ2v) is 7.37. The van der Waals surface area contributed by atoms with Gasteiger partial charge in [0.05, 0.1) is 17.4 Å². The molecule has 3 rings (SSSR count). The number of carbonyl (C=O) groups is 1. The number of nitrogens with one attached hydrogen (secondary N) is 1. The number of nitrogens with zero attached hydrogens (tertiary/aromatic N) is 2. The van der Waals surface area contributed by atoms with E-state index in [1.165, 1.54) is 12.8 Å². The number of halogens is 1. The Balaban J connectivity index is 1.73. The molecule has 1 amide bonds. The second-order valence-electron chi connectivity index (χ2n) is 6.52. The van der Waals surface area contributed by atoms with Gasteiger partial charge in [0.25, 0.3) is 5.91 Å². The van der Waals surface area contributed by atoms with Gasteiger partial charge in [0.2, 0.25) is 0 Å². The molecule has 2 aromatic rings. The maximum absolute atomic E-state index is 12.5. The Morgan fingerprint density at radius 3 is 2.71 bits per heavy atom. The molecule has 0 spiro atoms. The molecule has 0 bridgehead atoms. The Labute approximate surface area is 151 Å². The van der Waals surface area contributed by atoms with E-state index >= 15 is 0 Å². The molecular formula is C19H22BrN3O. The number of amides is 1. The molecule has 24 heavy (non-hydrogen) atoms. The first kappa shape index (κ1) is 17.0. The van der Waals surface area contributed by atoms with E-state index in [9.17, 15) is 4.79 Å². The van der Waals surface area contributed by atoms with Crippen molar-refractivity contribution in [2.45, 2.75) is 26.7 Å². The van der Waals surface area contributed by atoms with Crippen LogP contribution in [0.15, 0.2) is 41.1 Å². The van der Waals surface area contributed by atoms with Gasteiger partial charge in [-0.15, -0.1) is 0 Å². The van der Waals surface area contributed by atoms with E-state index in [-0.39, 0.29) is 5.91 Å². The lowest BCUT2D eigenvalue weighted by molar-refractivity contribution is 0.102. The molecule has 1 fully saturated rings. The molecule has 0 radical (unpaired) electrons. The summed E-state index contributed by atoms with van der Waals surface area (Å²) in [6, 6.07) is 7.72. The van der Waals surface area contributed by atoms with Crippen molar-refractivity contribution in [2.75, 3.05) is 23.3 Å². The Morgan fingerprint density at radius 2 is 2.00 bits per heavy atom. The van der Waals surface area contributed by atoms with Gasteiger partial charge in [0.15, 0.2) is 0 Å². The average molecular weight is 388 g/mol. The highest BCUT2D eigenvalue weighted by Crippen LogP contribution is 2.24. The molecule has 126 valence electrons. The Kier molecular flexibility index (Phi) is 5.19. The molecule has 1 saturated heterocycles. The number of hydrogen-bond donors (Lipinski definition) is 1. The molecule has 1 aromatic heterocycles. The van der Waals surface area contributed by atoms with Gasteiger partial charge in [-0.2, -0.15) is 0 Å². The van der Waals surface area contributed by atoms with Crippen LogP contribution in [0, 0.1) is 12.8 Å². The van der Waals surface area contributed by atoms with Crippen LogP contribution in [0.5, 0.6) is 0 Å². The standard InChI is InChI=1S/C19H22BrN3O/c1-13-5-7-23(8-6-13)17-9-15(11-21-12-17)19(24)22-16-4-3-14(2)18(20)10-16/h3-4,9-13H,5-8H2,1-2H3,(H,22,24). The fourth-order valence-electron chi connectivity index (χ4n) is 2.87. The van der Waals surface area contributed by atoms with Crippen molar-refractivity contribution >= 4 is 33.2 Å². The van der Waals surface area contributed by atoms with Crippen LogP contribution in [0.1, 0.15) is 35.7 Å². The van der Waals surface area contributed by atoms with Crippen molar-refractivity contribution in [2.24, 2.45) is 5.92 Å². The monoisotopic (exact) mass is 387 g/mol. The van der Waals surface area contributed by atoms with Crippen molar-refractivity contribution in [3.8, 4) is 0 Å². The highest BCUT2D eigenvalue weighted by Gasteiger charge is 2.17. The van der Waals surface area contributed by atoms with Crippen molar-refractivity contribution in [1.29, 1.82) is 0 Å². The van der Waals surface area contributed by atoms with Crippen LogP contribution < -0.4 is 10.2 Å². The number of rotatable bonds is 3. The van der Waals surface area contributed by atoms with Gasteiger partial charge < -0.3 is 10.2 Å².